The van der Waals surface area contributed by atoms with Crippen molar-refractivity contribution >= 4 is 23.1 Å². The van der Waals surface area contributed by atoms with E-state index in [1.54, 1.807) is 0 Å². The van der Waals surface area contributed by atoms with E-state index in [1.165, 1.54) is 6.33 Å². The van der Waals surface area contributed by atoms with Gasteiger partial charge in [-0.2, -0.15) is 0 Å². The zero-order valence-electron chi connectivity index (χ0n) is 9.65. The predicted octanol–water partition coefficient (Wildman–Crippen LogP) is 3.83. The molecule has 1 aromatic carbocycles. The van der Waals surface area contributed by atoms with E-state index in [9.17, 15) is 0 Å². The summed E-state index contributed by atoms with van der Waals surface area (Å²) >= 11 is 6.08. The number of anilines is 2. The van der Waals surface area contributed by atoms with Crippen molar-refractivity contribution in [3.63, 3.8) is 0 Å². The summed E-state index contributed by atoms with van der Waals surface area (Å²) < 4.78 is 0. The molecule has 0 atom stereocenters. The average molecular weight is 248 g/mol. The quantitative estimate of drug-likeness (QED) is 0.835. The molecule has 17 heavy (non-hydrogen) atoms. The van der Waals surface area contributed by atoms with Gasteiger partial charge in [0, 0.05) is 11.3 Å². The standard InChI is InChI=1S/C13H14ClN3/c1-2-6-11-12(14)15-9-16-13(11)17-10-7-4-3-5-8-10/h3-5,7-9H,2,6H2,1H3,(H,15,16,17). The van der Waals surface area contributed by atoms with Gasteiger partial charge in [0.25, 0.3) is 0 Å². The van der Waals surface area contributed by atoms with E-state index in [0.29, 0.717) is 5.15 Å². The van der Waals surface area contributed by atoms with Crippen molar-refractivity contribution in [2.75, 3.05) is 5.32 Å². The molecule has 2 aromatic rings. The Morgan fingerprint density at radius 3 is 2.65 bits per heavy atom. The zero-order valence-corrected chi connectivity index (χ0v) is 10.4. The molecule has 0 aliphatic carbocycles. The van der Waals surface area contributed by atoms with Crippen LogP contribution >= 0.6 is 11.6 Å². The Hall–Kier alpha value is -1.61. The number of nitrogens with zero attached hydrogens (tertiary/aromatic N) is 2. The Labute approximate surface area is 106 Å². The lowest BCUT2D eigenvalue weighted by molar-refractivity contribution is 0.904. The topological polar surface area (TPSA) is 37.8 Å². The molecule has 0 aliphatic rings. The van der Waals surface area contributed by atoms with E-state index >= 15 is 0 Å². The number of para-hydroxylation sites is 1. The Kier molecular flexibility index (Phi) is 3.94. The van der Waals surface area contributed by atoms with Crippen LogP contribution in [0.2, 0.25) is 5.15 Å². The number of rotatable bonds is 4. The smallest absolute Gasteiger partial charge is 0.138 e. The maximum atomic E-state index is 6.08. The van der Waals surface area contributed by atoms with E-state index in [1.807, 2.05) is 30.3 Å². The third-order valence-electron chi connectivity index (χ3n) is 2.43. The van der Waals surface area contributed by atoms with Crippen LogP contribution in [0, 0.1) is 0 Å². The molecule has 4 heteroatoms. The van der Waals surface area contributed by atoms with Crippen LogP contribution in [-0.4, -0.2) is 9.97 Å². The molecule has 3 nitrogen and oxygen atoms in total. The summed E-state index contributed by atoms with van der Waals surface area (Å²) in [6.07, 6.45) is 3.36. The fourth-order valence-corrected chi connectivity index (χ4v) is 1.86. The summed E-state index contributed by atoms with van der Waals surface area (Å²) in [5.74, 6) is 0.790. The first-order valence-corrected chi connectivity index (χ1v) is 6.00. The molecule has 0 saturated carbocycles. The highest BCUT2D eigenvalue weighted by Crippen LogP contribution is 2.24. The lowest BCUT2D eigenvalue weighted by atomic mass is 10.2. The molecule has 0 unspecified atom stereocenters. The molecule has 1 N–H and O–H groups in total. The van der Waals surface area contributed by atoms with Gasteiger partial charge in [-0.15, -0.1) is 0 Å². The molecule has 1 heterocycles. The lowest BCUT2D eigenvalue weighted by Crippen LogP contribution is -2.01. The number of hydrogen-bond acceptors (Lipinski definition) is 3. The highest BCUT2D eigenvalue weighted by atomic mass is 35.5. The molecule has 2 rings (SSSR count). The van der Waals surface area contributed by atoms with E-state index in [4.69, 9.17) is 11.6 Å². The van der Waals surface area contributed by atoms with Gasteiger partial charge in [0.2, 0.25) is 0 Å². The van der Waals surface area contributed by atoms with Crippen LogP contribution < -0.4 is 5.32 Å². The summed E-state index contributed by atoms with van der Waals surface area (Å²) in [5.41, 5.74) is 1.97. The van der Waals surface area contributed by atoms with Crippen LogP contribution in [-0.2, 0) is 6.42 Å². The summed E-state index contributed by atoms with van der Waals surface area (Å²) in [6, 6.07) is 9.91. The first-order chi connectivity index (χ1) is 8.31. The maximum absolute atomic E-state index is 6.08. The summed E-state index contributed by atoms with van der Waals surface area (Å²) in [7, 11) is 0. The molecule has 0 fully saturated rings. The van der Waals surface area contributed by atoms with E-state index < -0.39 is 0 Å². The first-order valence-electron chi connectivity index (χ1n) is 5.62. The Morgan fingerprint density at radius 1 is 1.18 bits per heavy atom. The summed E-state index contributed by atoms with van der Waals surface area (Å²) in [6.45, 7) is 2.11. The summed E-state index contributed by atoms with van der Waals surface area (Å²) in [4.78, 5) is 8.26. The molecule has 0 bridgehead atoms. The maximum Gasteiger partial charge on any atom is 0.138 e. The number of nitrogens with one attached hydrogen (secondary N) is 1. The highest BCUT2D eigenvalue weighted by molar-refractivity contribution is 6.30. The SMILES string of the molecule is CCCc1c(Cl)ncnc1Nc1ccccc1. The van der Waals surface area contributed by atoms with Crippen LogP contribution in [0.4, 0.5) is 11.5 Å². The number of aromatic nitrogens is 2. The molecule has 0 saturated heterocycles. The van der Waals surface area contributed by atoms with Gasteiger partial charge in [0.15, 0.2) is 0 Å². The molecule has 0 aliphatic heterocycles. The minimum absolute atomic E-state index is 0.528. The van der Waals surface area contributed by atoms with Gasteiger partial charge in [-0.05, 0) is 18.6 Å². The molecule has 88 valence electrons. The lowest BCUT2D eigenvalue weighted by Gasteiger charge is -2.10. The highest BCUT2D eigenvalue weighted by Gasteiger charge is 2.08. The number of halogens is 1. The second-order valence-electron chi connectivity index (χ2n) is 3.73. The second-order valence-corrected chi connectivity index (χ2v) is 4.09. The molecule has 1 aromatic heterocycles. The first kappa shape index (κ1) is 11.9. The van der Waals surface area contributed by atoms with Crippen molar-refractivity contribution in [3.05, 3.63) is 47.4 Å². The van der Waals surface area contributed by atoms with E-state index in [-0.39, 0.29) is 0 Å². The minimum atomic E-state index is 0.528. The summed E-state index contributed by atoms with van der Waals surface area (Å²) in [5, 5.41) is 3.79. The van der Waals surface area contributed by atoms with Crippen molar-refractivity contribution < 1.29 is 0 Å². The third kappa shape index (κ3) is 2.94. The predicted molar refractivity (Wildman–Crippen MR) is 70.8 cm³/mol. The van der Waals surface area contributed by atoms with Crippen molar-refractivity contribution in [1.29, 1.82) is 0 Å². The second kappa shape index (κ2) is 5.64. The zero-order chi connectivity index (χ0) is 12.1. The van der Waals surface area contributed by atoms with Gasteiger partial charge in [-0.3, -0.25) is 0 Å². The van der Waals surface area contributed by atoms with Gasteiger partial charge < -0.3 is 5.32 Å². The van der Waals surface area contributed by atoms with Crippen LogP contribution in [0.3, 0.4) is 0 Å². The third-order valence-corrected chi connectivity index (χ3v) is 2.76. The average Bonchev–Trinajstić information content (AvgIpc) is 2.35. The van der Waals surface area contributed by atoms with Gasteiger partial charge in [0.05, 0.1) is 0 Å². The monoisotopic (exact) mass is 247 g/mol. The Bertz CT molecular complexity index is 485. The van der Waals surface area contributed by atoms with Gasteiger partial charge in [0.1, 0.15) is 17.3 Å². The van der Waals surface area contributed by atoms with Crippen LogP contribution in [0.15, 0.2) is 36.7 Å². The van der Waals surface area contributed by atoms with Crippen LogP contribution in [0.1, 0.15) is 18.9 Å². The number of hydrogen-bond donors (Lipinski definition) is 1. The van der Waals surface area contributed by atoms with Gasteiger partial charge in [-0.25, -0.2) is 9.97 Å². The molecule has 0 radical (unpaired) electrons. The number of benzene rings is 1. The van der Waals surface area contributed by atoms with Gasteiger partial charge >= 0.3 is 0 Å². The van der Waals surface area contributed by atoms with Crippen LogP contribution in [0.5, 0.6) is 0 Å². The largest absolute Gasteiger partial charge is 0.340 e. The Morgan fingerprint density at radius 2 is 1.94 bits per heavy atom. The fraction of sp³-hybridized carbons (Fsp3) is 0.231. The molecular weight excluding hydrogens is 234 g/mol. The molecule has 0 amide bonds. The minimum Gasteiger partial charge on any atom is -0.340 e. The van der Waals surface area contributed by atoms with Crippen molar-refractivity contribution in [2.45, 2.75) is 19.8 Å². The van der Waals surface area contributed by atoms with Gasteiger partial charge in [-0.1, -0.05) is 43.1 Å². The fourth-order valence-electron chi connectivity index (χ4n) is 1.63. The van der Waals surface area contributed by atoms with E-state index in [0.717, 1.165) is 29.9 Å². The van der Waals surface area contributed by atoms with E-state index in [2.05, 4.69) is 22.2 Å². The van der Waals surface area contributed by atoms with Crippen molar-refractivity contribution in [3.8, 4) is 0 Å². The van der Waals surface area contributed by atoms with Crippen molar-refractivity contribution in [2.24, 2.45) is 0 Å². The normalized spacial score (nSPS) is 10.2. The molecular formula is C13H14ClN3. The van der Waals surface area contributed by atoms with Crippen LogP contribution in [0.25, 0.3) is 0 Å². The Balaban J connectivity index is 2.29. The van der Waals surface area contributed by atoms with Crippen molar-refractivity contribution in [1.82, 2.24) is 9.97 Å². The molecule has 0 spiro atoms.